The van der Waals surface area contributed by atoms with Gasteiger partial charge >= 0.3 is 0 Å². The van der Waals surface area contributed by atoms with E-state index in [0.29, 0.717) is 11.1 Å². The van der Waals surface area contributed by atoms with E-state index in [1.807, 2.05) is 12.1 Å². The molecule has 0 atom stereocenters. The quantitative estimate of drug-likeness (QED) is 0.142. The molecule has 0 spiro atoms. The Morgan fingerprint density at radius 3 is 1.38 bits per heavy atom. The van der Waals surface area contributed by atoms with Crippen LogP contribution in [0.2, 0.25) is 0 Å². The second-order valence-corrected chi connectivity index (χ2v) is 29.8. The summed E-state index contributed by atoms with van der Waals surface area (Å²) in [6.07, 6.45) is 0. The molecule has 94 heavy (non-hydrogen) atoms. The number of hydrogen-bond donors (Lipinski definition) is 0. The molecule has 0 amide bonds. The van der Waals surface area contributed by atoms with Crippen LogP contribution in [0.25, 0.3) is 83.1 Å². The van der Waals surface area contributed by atoms with Gasteiger partial charge in [0.2, 0.25) is 0 Å². The minimum absolute atomic E-state index is 0.128. The molecule has 5 heteroatoms. The number of nitriles is 1. The molecule has 0 fully saturated rings. The number of anilines is 6. The van der Waals surface area contributed by atoms with Gasteiger partial charge in [0.25, 0.3) is 6.71 Å². The number of nitrogens with zero attached hydrogens (tertiary/aromatic N) is 4. The fourth-order valence-corrected chi connectivity index (χ4v) is 14.3. The monoisotopic (exact) mass is 1220 g/mol. The molecule has 458 valence electrons. The Morgan fingerprint density at radius 1 is 0.351 bits per heavy atom. The maximum absolute atomic E-state index is 11.9. The van der Waals surface area contributed by atoms with Crippen molar-refractivity contribution in [3.63, 3.8) is 0 Å². The zero-order valence-electron chi connectivity index (χ0n) is 60.8. The summed E-state index contributed by atoms with van der Waals surface area (Å²) < 4.78 is 48.2. The predicted octanol–water partition coefficient (Wildman–Crippen LogP) is 22.3. The lowest BCUT2D eigenvalue weighted by atomic mass is 9.33. The number of rotatable bonds is 8. The van der Waals surface area contributed by atoms with Crippen LogP contribution in [-0.2, 0) is 21.7 Å². The van der Waals surface area contributed by atoms with Crippen molar-refractivity contribution in [2.24, 2.45) is 0 Å². The van der Waals surface area contributed by atoms with Gasteiger partial charge in [0.05, 0.1) is 34.8 Å². The Hall–Kier alpha value is -10.4. The van der Waals surface area contributed by atoms with Gasteiger partial charge in [-0.3, -0.25) is 0 Å². The first-order valence-electron chi connectivity index (χ1n) is 35.4. The van der Waals surface area contributed by atoms with Gasteiger partial charge in [-0.1, -0.05) is 277 Å². The average molecular weight is 1220 g/mol. The van der Waals surface area contributed by atoms with Crippen molar-refractivity contribution in [2.75, 3.05) is 9.80 Å². The molecule has 2 aliphatic heterocycles. The summed E-state index contributed by atoms with van der Waals surface area (Å²) in [6, 6.07) is 84.1. The van der Waals surface area contributed by atoms with Crippen molar-refractivity contribution in [3.8, 4) is 67.4 Å². The molecule has 0 unspecified atom stereocenters. The third kappa shape index (κ3) is 10.3. The summed E-state index contributed by atoms with van der Waals surface area (Å²) >= 11 is 0. The Morgan fingerprint density at radius 2 is 0.819 bits per heavy atom. The fourth-order valence-electron chi connectivity index (χ4n) is 14.3. The number of benzene rings is 12. The lowest BCUT2D eigenvalue weighted by Gasteiger charge is -2.46. The van der Waals surface area contributed by atoms with Crippen molar-refractivity contribution in [1.82, 2.24) is 4.57 Å². The number of fused-ring (bicyclic) bond motifs is 7. The number of hydrogen-bond acceptors (Lipinski definition) is 3. The molecule has 0 radical (unpaired) electrons. The molecule has 13 aromatic rings. The van der Waals surface area contributed by atoms with E-state index < -0.39 is 30.3 Å². The minimum atomic E-state index is -0.452. The van der Waals surface area contributed by atoms with Crippen molar-refractivity contribution in [2.45, 2.75) is 105 Å². The van der Waals surface area contributed by atoms with Crippen LogP contribution < -0.4 is 26.2 Å². The van der Waals surface area contributed by atoms with E-state index in [-0.39, 0.29) is 33.9 Å². The van der Waals surface area contributed by atoms with Gasteiger partial charge in [-0.2, -0.15) is 5.26 Å². The summed E-state index contributed by atoms with van der Waals surface area (Å²) in [5.41, 5.74) is 24.4. The summed E-state index contributed by atoms with van der Waals surface area (Å²) in [5, 5.41) is 14.2. The summed E-state index contributed by atoms with van der Waals surface area (Å²) in [5.74, 6) is 0. The fraction of sp³-hybridized carbons (Fsp3) is 0.180. The first kappa shape index (κ1) is 54.2. The van der Waals surface area contributed by atoms with Crippen LogP contribution in [0.15, 0.2) is 261 Å². The molecule has 0 bridgehead atoms. The zero-order valence-corrected chi connectivity index (χ0v) is 55.8. The predicted molar refractivity (Wildman–Crippen MR) is 401 cm³/mol. The molecule has 4 nitrogen and oxygen atoms in total. The lowest BCUT2D eigenvalue weighted by molar-refractivity contribution is 0.569. The van der Waals surface area contributed by atoms with Crippen LogP contribution in [0.4, 0.5) is 34.1 Å². The highest BCUT2D eigenvalue weighted by molar-refractivity contribution is 7.00. The Bertz CT molecular complexity index is 5390. The van der Waals surface area contributed by atoms with Crippen LogP contribution in [0.3, 0.4) is 0 Å². The first-order chi connectivity index (χ1) is 47.2. The zero-order chi connectivity index (χ0) is 69.5. The second kappa shape index (κ2) is 22.4. The van der Waals surface area contributed by atoms with Gasteiger partial charge < -0.3 is 14.4 Å². The maximum atomic E-state index is 11.9. The van der Waals surface area contributed by atoms with Crippen molar-refractivity contribution in [3.05, 3.63) is 289 Å². The van der Waals surface area contributed by atoms with Crippen LogP contribution in [-0.4, -0.2) is 11.3 Å². The molecule has 12 aromatic carbocycles. The highest BCUT2D eigenvalue weighted by Gasteiger charge is 2.46. The average Bonchev–Trinajstić information content (AvgIpc) is 1.16. The first-order valence-corrected chi connectivity index (χ1v) is 32.9. The Balaban J connectivity index is 1.11. The van der Waals surface area contributed by atoms with Crippen molar-refractivity contribution < 1.29 is 6.85 Å². The molecule has 2 aliphatic rings. The van der Waals surface area contributed by atoms with Crippen LogP contribution >= 0.6 is 0 Å². The SMILES string of the molecule is [2H]c1c([2H])c([2H])c(-c2ccc3c(c2)N(c2c(-c4ccccc4)cc(C(C)(C)C)cc2-c2ccccc2)c2cc(C(C)(C)C)cc4c2B3c2ccc(-c3cc(C(C)(C)C)cc(C(C)(C)C)c3)cc2N4c2cc(-n3c4ccccc4c4ccc(-c5ccccc5)cc43)ccc2C#N)c([2H])c1[2H]. The molecular formula is C89H79BN4. The van der Waals surface area contributed by atoms with E-state index in [0.717, 1.165) is 134 Å². The summed E-state index contributed by atoms with van der Waals surface area (Å²) in [6.45, 7) is 26.8. The molecule has 0 aliphatic carbocycles. The Labute approximate surface area is 563 Å². The smallest absolute Gasteiger partial charge is 0.252 e. The maximum Gasteiger partial charge on any atom is 0.252 e. The van der Waals surface area contributed by atoms with E-state index in [1.165, 1.54) is 11.1 Å². The van der Waals surface area contributed by atoms with Gasteiger partial charge in [0, 0.05) is 50.3 Å². The molecule has 3 heterocycles. The molecule has 15 rings (SSSR count). The minimum Gasteiger partial charge on any atom is -0.310 e. The van der Waals surface area contributed by atoms with Gasteiger partial charge in [-0.05, 0) is 172 Å². The standard InChI is InChI=1S/C89H79BN4/c1-86(2,3)66-45-65(46-67(50-66)87(4,5)6)63-40-44-75-80(49-63)93(78-55-70(41-37-64(78)56-91)92-77-36-26-25-35-71(77)72-42-38-61(47-79(72)92)57-27-17-13-18-28-57)82-53-69(89(10,11)12)54-83-84(82)90(75)76-43-39-62(58-29-19-14-20-30-58)48-81(76)94(83)85-73(59-31-21-15-22-32-59)51-68(88(7,8)9)52-74(85)60-33-23-16-24-34-60/h13-55H,1-12H3/i14D,19D,20D,29D,30D. The summed E-state index contributed by atoms with van der Waals surface area (Å²) in [7, 11) is 0. The highest BCUT2D eigenvalue weighted by atomic mass is 15.2. The van der Waals surface area contributed by atoms with Crippen molar-refractivity contribution >= 4 is 79.0 Å². The van der Waals surface area contributed by atoms with Gasteiger partial charge in [-0.15, -0.1) is 0 Å². The molecule has 0 N–H and O–H groups in total. The summed E-state index contributed by atoms with van der Waals surface area (Å²) in [4.78, 5) is 4.83. The van der Waals surface area contributed by atoms with E-state index >= 15 is 0 Å². The molecule has 0 saturated heterocycles. The van der Waals surface area contributed by atoms with E-state index in [1.54, 1.807) is 0 Å². The van der Waals surface area contributed by atoms with Crippen LogP contribution in [0.1, 0.15) is 118 Å². The van der Waals surface area contributed by atoms with Crippen LogP contribution in [0.5, 0.6) is 0 Å². The highest BCUT2D eigenvalue weighted by Crippen LogP contribution is 2.54. The number of aromatic nitrogens is 1. The molecular weight excluding hydrogens is 1140 g/mol. The lowest BCUT2D eigenvalue weighted by Crippen LogP contribution is -2.61. The third-order valence-corrected chi connectivity index (χ3v) is 19.5. The normalized spacial score (nSPS) is 13.8. The second-order valence-electron chi connectivity index (χ2n) is 29.8. The van der Waals surface area contributed by atoms with Gasteiger partial charge in [-0.25, -0.2) is 0 Å². The van der Waals surface area contributed by atoms with Crippen molar-refractivity contribution in [1.29, 1.82) is 5.26 Å². The van der Waals surface area contributed by atoms with E-state index in [9.17, 15) is 8.00 Å². The van der Waals surface area contributed by atoms with Gasteiger partial charge in [0.1, 0.15) is 6.07 Å². The topological polar surface area (TPSA) is 35.2 Å². The third-order valence-electron chi connectivity index (χ3n) is 19.5. The largest absolute Gasteiger partial charge is 0.310 e. The van der Waals surface area contributed by atoms with Crippen LogP contribution in [0, 0.1) is 11.3 Å². The van der Waals surface area contributed by atoms with E-state index in [4.69, 9.17) is 4.11 Å². The number of para-hydroxylation sites is 1. The molecule has 0 saturated carbocycles. The Kier molecular flexibility index (Phi) is 12.9. The van der Waals surface area contributed by atoms with Gasteiger partial charge in [0.15, 0.2) is 0 Å². The van der Waals surface area contributed by atoms with E-state index in [2.05, 4.69) is 322 Å². The molecule has 1 aromatic heterocycles.